The van der Waals surface area contributed by atoms with Crippen LogP contribution in [0.2, 0.25) is 0 Å². The average molecular weight is 437 g/mol. The monoisotopic (exact) mass is 436 g/mol. The molecule has 2 heterocycles. The van der Waals surface area contributed by atoms with Gasteiger partial charge in [-0.1, -0.05) is 42.5 Å². The lowest BCUT2D eigenvalue weighted by Crippen LogP contribution is -2.35. The highest BCUT2D eigenvalue weighted by atomic mass is 35.5. The highest BCUT2D eigenvalue weighted by Gasteiger charge is 2.45. The van der Waals surface area contributed by atoms with E-state index in [1.807, 2.05) is 31.1 Å². The number of halogens is 1. The molecule has 162 valence electrons. The van der Waals surface area contributed by atoms with Crippen LogP contribution in [0.25, 0.3) is 0 Å². The number of furan rings is 1. The third-order valence-corrected chi connectivity index (χ3v) is 6.45. The van der Waals surface area contributed by atoms with Gasteiger partial charge in [-0.15, -0.1) is 12.4 Å². The van der Waals surface area contributed by atoms with Crippen LogP contribution in [0.5, 0.6) is 0 Å². The lowest BCUT2D eigenvalue weighted by atomic mass is 9.87. The van der Waals surface area contributed by atoms with Gasteiger partial charge in [0.25, 0.3) is 5.91 Å². The van der Waals surface area contributed by atoms with E-state index in [2.05, 4.69) is 53.4 Å². The third-order valence-electron chi connectivity index (χ3n) is 6.45. The minimum absolute atomic E-state index is 0. The zero-order valence-corrected chi connectivity index (χ0v) is 19.0. The molecule has 0 N–H and O–H groups in total. The fourth-order valence-electron chi connectivity index (χ4n) is 4.68. The van der Waals surface area contributed by atoms with E-state index in [0.29, 0.717) is 6.54 Å². The van der Waals surface area contributed by atoms with Gasteiger partial charge in [-0.25, -0.2) is 0 Å². The Balaban J connectivity index is 0.00000231. The first-order valence-corrected chi connectivity index (χ1v) is 10.8. The van der Waals surface area contributed by atoms with Crippen molar-refractivity contribution in [2.24, 2.45) is 0 Å². The molecule has 4 nitrogen and oxygen atoms in total. The van der Waals surface area contributed by atoms with Crippen molar-refractivity contribution in [3.05, 3.63) is 94.4 Å². The number of nitrogens with zero attached hydrogens (tertiary/aromatic N) is 2. The summed E-state index contributed by atoms with van der Waals surface area (Å²) in [5.74, 6) is 1.99. The van der Waals surface area contributed by atoms with Gasteiger partial charge >= 0.3 is 0 Å². The molecule has 2 aromatic carbocycles. The second kappa shape index (κ2) is 8.52. The molecule has 0 bridgehead atoms. The third kappa shape index (κ3) is 4.15. The molecular formula is C26H29ClN2O2. The molecule has 3 aromatic rings. The standard InChI is InChI=1S/C26H28N2O2.ClH/c1-27(2)17-23-16-20-12-15-28(18-24(20)30-23)25(29)19-8-10-22(11-9-19)26(13-14-26)21-6-4-3-5-7-21;/h3-11,16H,12-15,17-18H2,1-2H3;1H. The summed E-state index contributed by atoms with van der Waals surface area (Å²) in [6.45, 7) is 2.07. The normalized spacial score (nSPS) is 16.5. The molecule has 1 aromatic heterocycles. The van der Waals surface area contributed by atoms with E-state index < -0.39 is 0 Å². The molecule has 0 atom stereocenters. The molecule has 5 rings (SSSR count). The van der Waals surface area contributed by atoms with E-state index in [4.69, 9.17) is 4.42 Å². The minimum Gasteiger partial charge on any atom is -0.463 e. The van der Waals surface area contributed by atoms with Crippen molar-refractivity contribution in [1.29, 1.82) is 0 Å². The van der Waals surface area contributed by atoms with Crippen LogP contribution in [0.1, 0.15) is 51.4 Å². The number of amides is 1. The SMILES string of the molecule is CN(C)Cc1cc2c(o1)CN(C(=O)c1ccc(C3(c4ccccc4)CC3)cc1)CC2.Cl. The number of benzene rings is 2. The smallest absolute Gasteiger partial charge is 0.254 e. The fourth-order valence-corrected chi connectivity index (χ4v) is 4.68. The zero-order chi connectivity index (χ0) is 20.7. The number of carbonyl (C=O) groups is 1. The molecule has 1 aliphatic carbocycles. The van der Waals surface area contributed by atoms with Crippen LogP contribution in [-0.2, 0) is 24.9 Å². The van der Waals surface area contributed by atoms with Crippen LogP contribution < -0.4 is 0 Å². The summed E-state index contributed by atoms with van der Waals surface area (Å²) in [5, 5.41) is 0. The first kappa shape index (κ1) is 21.7. The Morgan fingerprint density at radius 3 is 2.35 bits per heavy atom. The summed E-state index contributed by atoms with van der Waals surface area (Å²) in [6, 6.07) is 21.1. The van der Waals surface area contributed by atoms with E-state index in [9.17, 15) is 4.79 Å². The summed E-state index contributed by atoms with van der Waals surface area (Å²) >= 11 is 0. The van der Waals surface area contributed by atoms with Crippen LogP contribution in [0.15, 0.2) is 65.1 Å². The molecule has 1 fully saturated rings. The van der Waals surface area contributed by atoms with Crippen molar-refractivity contribution in [1.82, 2.24) is 9.80 Å². The highest BCUT2D eigenvalue weighted by Crippen LogP contribution is 2.53. The molecule has 1 saturated carbocycles. The molecule has 1 amide bonds. The van der Waals surface area contributed by atoms with Gasteiger partial charge in [0.05, 0.1) is 13.1 Å². The van der Waals surface area contributed by atoms with Crippen LogP contribution >= 0.6 is 12.4 Å². The van der Waals surface area contributed by atoms with Gasteiger partial charge in [0.15, 0.2) is 0 Å². The van der Waals surface area contributed by atoms with Gasteiger partial charge in [-0.05, 0) is 68.2 Å². The number of hydrogen-bond donors (Lipinski definition) is 0. The summed E-state index contributed by atoms with van der Waals surface area (Å²) in [7, 11) is 4.06. The number of rotatable bonds is 5. The second-order valence-corrected chi connectivity index (χ2v) is 8.90. The van der Waals surface area contributed by atoms with Gasteiger partial charge < -0.3 is 14.2 Å². The van der Waals surface area contributed by atoms with Gasteiger partial charge in [0.2, 0.25) is 0 Å². The van der Waals surface area contributed by atoms with Crippen molar-refractivity contribution in [3.63, 3.8) is 0 Å². The maximum absolute atomic E-state index is 13.1. The lowest BCUT2D eigenvalue weighted by Gasteiger charge is -2.26. The summed E-state index contributed by atoms with van der Waals surface area (Å²) in [6.07, 6.45) is 3.20. The first-order valence-electron chi connectivity index (χ1n) is 10.8. The molecule has 2 aliphatic rings. The first-order chi connectivity index (χ1) is 14.5. The molecule has 0 unspecified atom stereocenters. The van der Waals surface area contributed by atoms with Crippen LogP contribution in [0.4, 0.5) is 0 Å². The maximum atomic E-state index is 13.1. The lowest BCUT2D eigenvalue weighted by molar-refractivity contribution is 0.0718. The maximum Gasteiger partial charge on any atom is 0.254 e. The predicted molar refractivity (Wildman–Crippen MR) is 125 cm³/mol. The molecule has 1 aliphatic heterocycles. The van der Waals surface area contributed by atoms with Crippen LogP contribution in [-0.4, -0.2) is 36.3 Å². The molecular weight excluding hydrogens is 408 g/mol. The minimum atomic E-state index is 0. The second-order valence-electron chi connectivity index (χ2n) is 8.90. The summed E-state index contributed by atoms with van der Waals surface area (Å²) in [4.78, 5) is 17.1. The highest BCUT2D eigenvalue weighted by molar-refractivity contribution is 5.94. The number of hydrogen-bond acceptors (Lipinski definition) is 3. The Morgan fingerprint density at radius 1 is 1.03 bits per heavy atom. The Labute approximate surface area is 190 Å². The van der Waals surface area contributed by atoms with E-state index in [1.54, 1.807) is 0 Å². The molecule has 5 heteroatoms. The van der Waals surface area contributed by atoms with Crippen LogP contribution in [0, 0.1) is 0 Å². The molecule has 0 spiro atoms. The van der Waals surface area contributed by atoms with E-state index in [1.165, 1.54) is 29.5 Å². The summed E-state index contributed by atoms with van der Waals surface area (Å²) < 4.78 is 6.02. The Morgan fingerprint density at radius 2 is 1.71 bits per heavy atom. The fraction of sp³-hybridized carbons (Fsp3) is 0.346. The van der Waals surface area contributed by atoms with Crippen molar-refractivity contribution in [3.8, 4) is 0 Å². The summed E-state index contributed by atoms with van der Waals surface area (Å²) in [5.41, 5.74) is 4.82. The predicted octanol–water partition coefficient (Wildman–Crippen LogP) is 5.04. The van der Waals surface area contributed by atoms with Gasteiger partial charge in [-0.3, -0.25) is 4.79 Å². The average Bonchev–Trinajstić information content (AvgIpc) is 3.48. The number of carbonyl (C=O) groups excluding carboxylic acids is 1. The van der Waals surface area contributed by atoms with Crippen molar-refractivity contribution in [2.45, 2.75) is 37.8 Å². The number of fused-ring (bicyclic) bond motifs is 1. The van der Waals surface area contributed by atoms with E-state index in [-0.39, 0.29) is 23.7 Å². The van der Waals surface area contributed by atoms with Crippen molar-refractivity contribution >= 4 is 18.3 Å². The van der Waals surface area contributed by atoms with E-state index in [0.717, 1.165) is 36.6 Å². The van der Waals surface area contributed by atoms with Crippen LogP contribution in [0.3, 0.4) is 0 Å². The topological polar surface area (TPSA) is 36.7 Å². The Kier molecular flexibility index (Phi) is 5.96. The zero-order valence-electron chi connectivity index (χ0n) is 18.1. The van der Waals surface area contributed by atoms with Gasteiger partial charge in [-0.2, -0.15) is 0 Å². The quantitative estimate of drug-likeness (QED) is 0.562. The van der Waals surface area contributed by atoms with Gasteiger partial charge in [0, 0.05) is 17.5 Å². The van der Waals surface area contributed by atoms with Gasteiger partial charge in [0.1, 0.15) is 11.5 Å². The van der Waals surface area contributed by atoms with Crippen molar-refractivity contribution in [2.75, 3.05) is 20.6 Å². The molecule has 0 saturated heterocycles. The Hall–Kier alpha value is -2.56. The Bertz CT molecular complexity index is 1050. The van der Waals surface area contributed by atoms with Crippen molar-refractivity contribution < 1.29 is 9.21 Å². The molecule has 0 radical (unpaired) electrons. The largest absolute Gasteiger partial charge is 0.463 e. The molecule has 31 heavy (non-hydrogen) atoms. The van der Waals surface area contributed by atoms with E-state index >= 15 is 0 Å².